The Hall–Kier alpha value is -1.97. The van der Waals surface area contributed by atoms with Crippen LogP contribution in [-0.2, 0) is 13.6 Å². The third-order valence-corrected chi connectivity index (χ3v) is 2.69. The molecule has 1 aromatic carbocycles. The summed E-state index contributed by atoms with van der Waals surface area (Å²) in [6, 6.07) is 7.56. The van der Waals surface area contributed by atoms with Gasteiger partial charge < -0.3 is 0 Å². The number of carbonyl (C=O) groups is 1. The molecule has 0 saturated heterocycles. The van der Waals surface area contributed by atoms with E-state index in [1.165, 1.54) is 0 Å². The number of carbonyl (C=O) groups excluding carboxylic acids is 1. The Bertz CT molecular complexity index is 531. The Labute approximate surface area is 100 Å². The van der Waals surface area contributed by atoms with Crippen molar-refractivity contribution in [3.8, 4) is 11.3 Å². The number of aryl methyl sites for hydroxylation is 2. The molecule has 0 spiro atoms. The van der Waals surface area contributed by atoms with Gasteiger partial charge in [0.25, 0.3) is 0 Å². The van der Waals surface area contributed by atoms with Gasteiger partial charge in [0.15, 0.2) is 18.2 Å². The van der Waals surface area contributed by atoms with Crippen LogP contribution < -0.4 is 4.68 Å². The zero-order chi connectivity index (χ0) is 12.3. The monoisotopic (exact) mass is 230 g/mol. The first-order valence-electron chi connectivity index (χ1n) is 5.74. The molecule has 1 aromatic heterocycles. The van der Waals surface area contributed by atoms with Crippen LogP contribution in [0.3, 0.4) is 0 Å². The van der Waals surface area contributed by atoms with E-state index in [0.717, 1.165) is 30.5 Å². The smallest absolute Gasteiger partial charge is 0.198 e. The van der Waals surface area contributed by atoms with E-state index in [4.69, 9.17) is 0 Å². The van der Waals surface area contributed by atoms with Crippen molar-refractivity contribution in [1.82, 2.24) is 9.90 Å². The van der Waals surface area contributed by atoms with Gasteiger partial charge >= 0.3 is 0 Å². The van der Waals surface area contributed by atoms with Crippen molar-refractivity contribution in [2.45, 2.75) is 19.9 Å². The first-order valence-corrected chi connectivity index (χ1v) is 5.74. The molecule has 0 radical (unpaired) electrons. The number of nitrogens with zero attached hydrogens (tertiary/aromatic N) is 3. The van der Waals surface area contributed by atoms with Gasteiger partial charge in [0.2, 0.25) is 0 Å². The highest BCUT2D eigenvalue weighted by atomic mass is 16.1. The minimum absolute atomic E-state index is 0.694. The summed E-state index contributed by atoms with van der Waals surface area (Å²) in [7, 11) is 1.89. The molecule has 0 aliphatic carbocycles. The zero-order valence-corrected chi connectivity index (χ0v) is 10.1. The van der Waals surface area contributed by atoms with Crippen LogP contribution in [0, 0.1) is 0 Å². The first kappa shape index (κ1) is 11.5. The van der Waals surface area contributed by atoms with Crippen LogP contribution in [0.25, 0.3) is 11.3 Å². The van der Waals surface area contributed by atoms with Gasteiger partial charge in [0, 0.05) is 11.1 Å². The SMILES string of the molecule is CCC[n+]1cc(-c2ccccc2C=O)n(C)n1. The third kappa shape index (κ3) is 2.25. The fraction of sp³-hybridized carbons (Fsp3) is 0.308. The van der Waals surface area contributed by atoms with Crippen LogP contribution in [0.2, 0.25) is 0 Å². The Morgan fingerprint density at radius 2 is 2.18 bits per heavy atom. The maximum absolute atomic E-state index is 11.0. The van der Waals surface area contributed by atoms with Crippen molar-refractivity contribution in [3.05, 3.63) is 36.0 Å². The summed E-state index contributed by atoms with van der Waals surface area (Å²) in [6.07, 6.45) is 3.90. The summed E-state index contributed by atoms with van der Waals surface area (Å²) < 4.78 is 3.70. The maximum atomic E-state index is 11.0. The molecule has 0 fully saturated rings. The van der Waals surface area contributed by atoms with Crippen LogP contribution in [0.1, 0.15) is 23.7 Å². The van der Waals surface area contributed by atoms with Gasteiger partial charge in [0.1, 0.15) is 13.6 Å². The van der Waals surface area contributed by atoms with Gasteiger partial charge in [-0.2, -0.15) is 0 Å². The quantitative estimate of drug-likeness (QED) is 0.591. The third-order valence-electron chi connectivity index (χ3n) is 2.69. The molecular weight excluding hydrogens is 214 g/mol. The Morgan fingerprint density at radius 3 is 2.88 bits per heavy atom. The van der Waals surface area contributed by atoms with Gasteiger partial charge in [-0.25, -0.2) is 0 Å². The van der Waals surface area contributed by atoms with E-state index in [1.54, 1.807) is 4.68 Å². The highest BCUT2D eigenvalue weighted by molar-refractivity contribution is 5.86. The standard InChI is InChI=1S/C13H16N3O/c1-3-8-16-9-13(15(2)14-16)12-7-5-4-6-11(12)10-17/h4-7,9-10H,3,8H2,1-2H3/q+1. The van der Waals surface area contributed by atoms with E-state index in [9.17, 15) is 4.79 Å². The number of hydrogen-bond acceptors (Lipinski definition) is 2. The normalized spacial score (nSPS) is 10.5. The van der Waals surface area contributed by atoms with Gasteiger partial charge in [-0.15, -0.1) is 9.36 Å². The van der Waals surface area contributed by atoms with Crippen LogP contribution >= 0.6 is 0 Å². The number of aldehydes is 1. The summed E-state index contributed by atoms with van der Waals surface area (Å²) >= 11 is 0. The van der Waals surface area contributed by atoms with Crippen molar-refractivity contribution in [1.29, 1.82) is 0 Å². The Kier molecular flexibility index (Phi) is 3.32. The number of benzene rings is 1. The second kappa shape index (κ2) is 4.91. The Balaban J connectivity index is 2.48. The molecule has 88 valence electrons. The van der Waals surface area contributed by atoms with Crippen molar-refractivity contribution in [2.24, 2.45) is 7.05 Å². The molecule has 2 rings (SSSR count). The van der Waals surface area contributed by atoms with E-state index >= 15 is 0 Å². The number of aromatic nitrogens is 3. The summed E-state index contributed by atoms with van der Waals surface area (Å²) in [6.45, 7) is 3.00. The van der Waals surface area contributed by atoms with Crippen LogP contribution in [-0.4, -0.2) is 16.2 Å². The largest absolute Gasteiger partial charge is 0.298 e. The minimum Gasteiger partial charge on any atom is -0.298 e. The van der Waals surface area contributed by atoms with Gasteiger partial charge in [0.05, 0.1) is 5.21 Å². The Morgan fingerprint density at radius 1 is 1.41 bits per heavy atom. The predicted octanol–water partition coefficient (Wildman–Crippen LogP) is 1.60. The zero-order valence-electron chi connectivity index (χ0n) is 10.1. The lowest BCUT2D eigenvalue weighted by Gasteiger charge is -1.98. The lowest BCUT2D eigenvalue weighted by molar-refractivity contribution is -0.755. The maximum Gasteiger partial charge on any atom is 0.198 e. The lowest BCUT2D eigenvalue weighted by atomic mass is 10.1. The van der Waals surface area contributed by atoms with E-state index in [-0.39, 0.29) is 0 Å². The molecular formula is C13H16N3O+. The molecule has 1 heterocycles. The van der Waals surface area contributed by atoms with Gasteiger partial charge in [-0.05, 0) is 12.5 Å². The van der Waals surface area contributed by atoms with Gasteiger partial charge in [-0.3, -0.25) is 4.79 Å². The van der Waals surface area contributed by atoms with Gasteiger partial charge in [-0.1, -0.05) is 25.1 Å². The van der Waals surface area contributed by atoms with E-state index < -0.39 is 0 Å². The highest BCUT2D eigenvalue weighted by Gasteiger charge is 2.16. The van der Waals surface area contributed by atoms with E-state index in [1.807, 2.05) is 42.2 Å². The van der Waals surface area contributed by atoms with Crippen molar-refractivity contribution < 1.29 is 9.48 Å². The average molecular weight is 230 g/mol. The molecule has 0 aliphatic heterocycles. The number of hydrogen-bond donors (Lipinski definition) is 0. The summed E-state index contributed by atoms with van der Waals surface area (Å²) in [4.78, 5) is 11.0. The molecule has 0 bridgehead atoms. The first-order chi connectivity index (χ1) is 8.26. The molecule has 2 aromatic rings. The summed E-state index contributed by atoms with van der Waals surface area (Å²) in [5, 5.41) is 4.37. The highest BCUT2D eigenvalue weighted by Crippen LogP contribution is 2.20. The topological polar surface area (TPSA) is 38.8 Å². The average Bonchev–Trinajstić information content (AvgIpc) is 2.70. The molecule has 4 nitrogen and oxygen atoms in total. The van der Waals surface area contributed by atoms with Crippen LogP contribution in [0.5, 0.6) is 0 Å². The molecule has 0 N–H and O–H groups in total. The summed E-state index contributed by atoms with van der Waals surface area (Å²) in [5.41, 5.74) is 2.58. The molecule has 4 heteroatoms. The van der Waals surface area contributed by atoms with E-state index in [0.29, 0.717) is 5.56 Å². The minimum atomic E-state index is 0.694. The number of rotatable bonds is 4. The van der Waals surface area contributed by atoms with Crippen LogP contribution in [0.15, 0.2) is 30.5 Å². The van der Waals surface area contributed by atoms with Crippen molar-refractivity contribution >= 4 is 6.29 Å². The lowest BCUT2D eigenvalue weighted by Crippen LogP contribution is -2.35. The predicted molar refractivity (Wildman–Crippen MR) is 64.5 cm³/mol. The second-order valence-electron chi connectivity index (χ2n) is 4.00. The van der Waals surface area contributed by atoms with Crippen molar-refractivity contribution in [3.63, 3.8) is 0 Å². The summed E-state index contributed by atoms with van der Waals surface area (Å²) in [5.74, 6) is 0. The molecule has 0 atom stereocenters. The van der Waals surface area contributed by atoms with Crippen LogP contribution in [0.4, 0.5) is 0 Å². The van der Waals surface area contributed by atoms with Crippen molar-refractivity contribution in [2.75, 3.05) is 0 Å². The molecule has 0 saturated carbocycles. The van der Waals surface area contributed by atoms with E-state index in [2.05, 4.69) is 12.1 Å². The molecule has 0 amide bonds. The second-order valence-corrected chi connectivity index (χ2v) is 4.00. The fourth-order valence-corrected chi connectivity index (χ4v) is 1.89. The molecule has 0 aliphatic rings. The molecule has 17 heavy (non-hydrogen) atoms. The fourth-order valence-electron chi connectivity index (χ4n) is 1.89. The molecule has 0 unspecified atom stereocenters.